The Labute approximate surface area is 151 Å². The molecule has 5 nitrogen and oxygen atoms in total. The van der Waals surface area contributed by atoms with E-state index in [0.29, 0.717) is 5.69 Å². The second kappa shape index (κ2) is 6.52. The van der Waals surface area contributed by atoms with Crippen molar-refractivity contribution in [2.24, 2.45) is 0 Å². The van der Waals surface area contributed by atoms with Crippen molar-refractivity contribution < 1.29 is 9.21 Å². The first-order valence-corrected chi connectivity index (χ1v) is 8.50. The van der Waals surface area contributed by atoms with E-state index in [1.165, 1.54) is 0 Å². The summed E-state index contributed by atoms with van der Waals surface area (Å²) >= 11 is 0. The molecule has 0 radical (unpaired) electrons. The van der Waals surface area contributed by atoms with E-state index >= 15 is 0 Å². The molecule has 2 heterocycles. The van der Waals surface area contributed by atoms with Crippen LogP contribution in [0.15, 0.2) is 71.1 Å². The van der Waals surface area contributed by atoms with Gasteiger partial charge in [0.05, 0.1) is 11.7 Å². The molecule has 2 aromatic carbocycles. The Kier molecular flexibility index (Phi) is 4.05. The molecule has 0 saturated carbocycles. The lowest BCUT2D eigenvalue weighted by molar-refractivity contribution is 0.0721. The summed E-state index contributed by atoms with van der Waals surface area (Å²) in [5.74, 6) is 0.623. The zero-order valence-corrected chi connectivity index (χ0v) is 14.6. The van der Waals surface area contributed by atoms with Crippen LogP contribution in [0.25, 0.3) is 22.2 Å². The molecule has 2 aromatic heterocycles. The number of hydrogen-bond donors (Lipinski definition) is 1. The largest absolute Gasteiger partial charge is 0.459 e. The maximum Gasteiger partial charge on any atom is 0.272 e. The van der Waals surface area contributed by atoms with Crippen LogP contribution in [0.4, 0.5) is 0 Å². The van der Waals surface area contributed by atoms with Gasteiger partial charge in [0.25, 0.3) is 5.91 Å². The van der Waals surface area contributed by atoms with Crippen LogP contribution in [0.2, 0.25) is 0 Å². The molecule has 0 bridgehead atoms. The molecule has 0 saturated heterocycles. The third kappa shape index (κ3) is 2.88. The predicted molar refractivity (Wildman–Crippen MR) is 101 cm³/mol. The van der Waals surface area contributed by atoms with Gasteiger partial charge in [-0.15, -0.1) is 0 Å². The number of carbonyl (C=O) groups is 1. The quantitative estimate of drug-likeness (QED) is 0.585. The fraction of sp³-hybridized carbons (Fsp3) is 0.143. The van der Waals surface area contributed by atoms with E-state index in [9.17, 15) is 4.79 Å². The summed E-state index contributed by atoms with van der Waals surface area (Å²) in [6.07, 6.45) is 0. The van der Waals surface area contributed by atoms with Crippen LogP contribution in [-0.2, 0) is 0 Å². The Balaban J connectivity index is 1.56. The summed E-state index contributed by atoms with van der Waals surface area (Å²) in [6.45, 7) is 1.95. The van der Waals surface area contributed by atoms with Gasteiger partial charge in [0.15, 0.2) is 0 Å². The molecule has 0 unspecified atom stereocenters. The van der Waals surface area contributed by atoms with Gasteiger partial charge in [0.1, 0.15) is 17.0 Å². The number of fused-ring (bicyclic) bond motifs is 1. The number of amides is 1. The number of benzene rings is 2. The van der Waals surface area contributed by atoms with Crippen molar-refractivity contribution in [2.75, 3.05) is 7.05 Å². The average molecular weight is 345 g/mol. The molecule has 0 fully saturated rings. The van der Waals surface area contributed by atoms with Gasteiger partial charge < -0.3 is 9.32 Å². The number of carbonyl (C=O) groups excluding carboxylic acids is 1. The number of rotatable bonds is 4. The summed E-state index contributed by atoms with van der Waals surface area (Å²) in [5.41, 5.74) is 2.99. The molecule has 4 rings (SSSR count). The molecule has 1 N–H and O–H groups in total. The normalized spacial score (nSPS) is 12.2. The van der Waals surface area contributed by atoms with Crippen LogP contribution >= 0.6 is 0 Å². The molecule has 0 spiro atoms. The minimum absolute atomic E-state index is 0.132. The van der Waals surface area contributed by atoms with Gasteiger partial charge in [-0.3, -0.25) is 9.89 Å². The van der Waals surface area contributed by atoms with Gasteiger partial charge in [-0.2, -0.15) is 5.10 Å². The van der Waals surface area contributed by atoms with E-state index in [-0.39, 0.29) is 11.9 Å². The smallest absolute Gasteiger partial charge is 0.272 e. The molecule has 0 aliphatic carbocycles. The summed E-state index contributed by atoms with van der Waals surface area (Å²) in [6, 6.07) is 21.2. The number of H-pyrrole nitrogens is 1. The first-order valence-electron chi connectivity index (χ1n) is 8.50. The van der Waals surface area contributed by atoms with Gasteiger partial charge in [-0.05, 0) is 25.1 Å². The lowest BCUT2D eigenvalue weighted by Gasteiger charge is -2.22. The maximum absolute atomic E-state index is 12.8. The topological polar surface area (TPSA) is 62.1 Å². The minimum atomic E-state index is -0.196. The van der Waals surface area contributed by atoms with E-state index in [0.717, 1.165) is 28.0 Å². The number of para-hydroxylation sites is 1. The number of hydrogen-bond acceptors (Lipinski definition) is 3. The number of aromatic amines is 1. The standard InChI is InChI=1S/C21H19N3O2/c1-14(20-12-16-10-6-7-11-19(16)26-20)24(2)21(25)18-13-17(22-23-18)15-8-4-3-5-9-15/h3-14H,1-2H3,(H,22,23)/t14-/m1/s1. The van der Waals surface area contributed by atoms with E-state index in [2.05, 4.69) is 10.2 Å². The summed E-state index contributed by atoms with van der Waals surface area (Å²) in [5, 5.41) is 8.14. The number of aromatic nitrogens is 2. The first-order chi connectivity index (χ1) is 12.6. The second-order valence-corrected chi connectivity index (χ2v) is 6.31. The van der Waals surface area contributed by atoms with Crippen molar-refractivity contribution in [1.29, 1.82) is 0 Å². The highest BCUT2D eigenvalue weighted by molar-refractivity contribution is 5.93. The molecule has 1 amide bonds. The van der Waals surface area contributed by atoms with E-state index in [1.54, 1.807) is 18.0 Å². The van der Waals surface area contributed by atoms with Gasteiger partial charge >= 0.3 is 0 Å². The third-order valence-electron chi connectivity index (χ3n) is 4.64. The van der Waals surface area contributed by atoms with Gasteiger partial charge in [0, 0.05) is 18.0 Å². The lowest BCUT2D eigenvalue weighted by atomic mass is 10.1. The van der Waals surface area contributed by atoms with Crippen molar-refractivity contribution in [2.45, 2.75) is 13.0 Å². The van der Waals surface area contributed by atoms with Crippen LogP contribution < -0.4 is 0 Å². The van der Waals surface area contributed by atoms with E-state index in [1.807, 2.05) is 67.6 Å². The molecule has 26 heavy (non-hydrogen) atoms. The van der Waals surface area contributed by atoms with Crippen molar-refractivity contribution >= 4 is 16.9 Å². The number of nitrogens with one attached hydrogen (secondary N) is 1. The Morgan fingerprint density at radius 3 is 2.58 bits per heavy atom. The Hall–Kier alpha value is -3.34. The van der Waals surface area contributed by atoms with Crippen molar-refractivity contribution in [3.63, 3.8) is 0 Å². The lowest BCUT2D eigenvalue weighted by Crippen LogP contribution is -2.29. The minimum Gasteiger partial charge on any atom is -0.459 e. The fourth-order valence-electron chi connectivity index (χ4n) is 2.95. The Morgan fingerprint density at radius 2 is 1.81 bits per heavy atom. The summed E-state index contributed by atoms with van der Waals surface area (Å²) in [4.78, 5) is 14.5. The van der Waals surface area contributed by atoms with Gasteiger partial charge in [-0.25, -0.2) is 0 Å². The Bertz CT molecular complexity index is 1020. The van der Waals surface area contributed by atoms with Crippen LogP contribution in [-0.4, -0.2) is 28.1 Å². The van der Waals surface area contributed by atoms with Crippen LogP contribution in [0.3, 0.4) is 0 Å². The molecule has 1 atom stereocenters. The highest BCUT2D eigenvalue weighted by atomic mass is 16.3. The highest BCUT2D eigenvalue weighted by Gasteiger charge is 2.23. The molecular weight excluding hydrogens is 326 g/mol. The van der Waals surface area contributed by atoms with Crippen molar-refractivity contribution in [1.82, 2.24) is 15.1 Å². The monoisotopic (exact) mass is 345 g/mol. The maximum atomic E-state index is 12.8. The number of nitrogens with zero attached hydrogens (tertiary/aromatic N) is 2. The van der Waals surface area contributed by atoms with Crippen LogP contribution in [0.5, 0.6) is 0 Å². The SMILES string of the molecule is C[C@H](c1cc2ccccc2o1)N(C)C(=O)c1cc(-c2ccccc2)n[nH]1. The van der Waals surface area contributed by atoms with Crippen molar-refractivity contribution in [3.8, 4) is 11.3 Å². The molecular formula is C21H19N3O2. The third-order valence-corrected chi connectivity index (χ3v) is 4.64. The predicted octanol–water partition coefficient (Wildman–Crippen LogP) is 4.66. The van der Waals surface area contributed by atoms with E-state index in [4.69, 9.17) is 4.42 Å². The molecule has 0 aliphatic heterocycles. The molecule has 130 valence electrons. The van der Waals surface area contributed by atoms with Gasteiger partial charge in [0.2, 0.25) is 0 Å². The summed E-state index contributed by atoms with van der Waals surface area (Å²) < 4.78 is 5.89. The van der Waals surface area contributed by atoms with Crippen LogP contribution in [0.1, 0.15) is 29.2 Å². The molecule has 0 aliphatic rings. The Morgan fingerprint density at radius 1 is 1.08 bits per heavy atom. The molecule has 5 heteroatoms. The molecule has 4 aromatic rings. The van der Waals surface area contributed by atoms with Crippen molar-refractivity contribution in [3.05, 3.63) is 78.2 Å². The first kappa shape index (κ1) is 16.1. The number of furan rings is 1. The highest BCUT2D eigenvalue weighted by Crippen LogP contribution is 2.27. The fourth-order valence-corrected chi connectivity index (χ4v) is 2.95. The van der Waals surface area contributed by atoms with Gasteiger partial charge in [-0.1, -0.05) is 48.5 Å². The average Bonchev–Trinajstić information content (AvgIpc) is 3.34. The zero-order valence-electron chi connectivity index (χ0n) is 14.6. The van der Waals surface area contributed by atoms with Crippen LogP contribution in [0, 0.1) is 0 Å². The second-order valence-electron chi connectivity index (χ2n) is 6.31. The van der Waals surface area contributed by atoms with E-state index < -0.39 is 0 Å². The zero-order chi connectivity index (χ0) is 18.1. The summed E-state index contributed by atoms with van der Waals surface area (Å²) in [7, 11) is 1.77.